The standard InChI is InChI=1S/C21H31N5O3.HI/c1-14-15(2)29-20(24-14)13-26-9-7-16(8-10-26)12-23-21(22)25-17-5-6-18(27-3)19(11-17)28-4;/h5-6,11,16H,7-10,12-13H2,1-4H3,(H3,22,23,25);1H. The Morgan fingerprint density at radius 1 is 1.23 bits per heavy atom. The van der Waals surface area contributed by atoms with Crippen LogP contribution in [0.2, 0.25) is 0 Å². The van der Waals surface area contributed by atoms with Crippen molar-refractivity contribution in [3.63, 3.8) is 0 Å². The van der Waals surface area contributed by atoms with Gasteiger partial charge in [0.1, 0.15) is 5.76 Å². The van der Waals surface area contributed by atoms with E-state index in [0.717, 1.165) is 62.1 Å². The van der Waals surface area contributed by atoms with E-state index in [0.29, 0.717) is 23.4 Å². The van der Waals surface area contributed by atoms with Gasteiger partial charge in [0, 0.05) is 18.3 Å². The molecule has 0 amide bonds. The monoisotopic (exact) mass is 529 g/mol. The lowest BCUT2D eigenvalue weighted by Crippen LogP contribution is -2.34. The van der Waals surface area contributed by atoms with Crippen molar-refractivity contribution in [1.29, 1.82) is 0 Å². The van der Waals surface area contributed by atoms with Gasteiger partial charge >= 0.3 is 0 Å². The third-order valence-electron chi connectivity index (χ3n) is 5.31. The van der Waals surface area contributed by atoms with Crippen molar-refractivity contribution in [2.45, 2.75) is 33.2 Å². The van der Waals surface area contributed by atoms with E-state index in [1.165, 1.54) is 0 Å². The number of anilines is 1. The van der Waals surface area contributed by atoms with E-state index >= 15 is 0 Å². The first-order valence-corrected chi connectivity index (χ1v) is 9.92. The van der Waals surface area contributed by atoms with Crippen molar-refractivity contribution in [3.8, 4) is 11.5 Å². The Hall–Kier alpha value is -2.01. The Kier molecular flexibility index (Phi) is 9.22. The van der Waals surface area contributed by atoms with Crippen molar-refractivity contribution >= 4 is 35.6 Å². The summed E-state index contributed by atoms with van der Waals surface area (Å²) in [5, 5.41) is 3.12. The van der Waals surface area contributed by atoms with E-state index in [1.54, 1.807) is 14.2 Å². The molecule has 1 aliphatic heterocycles. The third kappa shape index (κ3) is 6.49. The summed E-state index contributed by atoms with van der Waals surface area (Å²) >= 11 is 0. The van der Waals surface area contributed by atoms with Gasteiger partial charge in [0.2, 0.25) is 5.89 Å². The molecule has 9 heteroatoms. The smallest absolute Gasteiger partial charge is 0.208 e. The molecular weight excluding hydrogens is 497 g/mol. The van der Waals surface area contributed by atoms with Crippen LogP contribution in [0.1, 0.15) is 30.2 Å². The lowest BCUT2D eigenvalue weighted by Gasteiger charge is -2.30. The molecule has 0 bridgehead atoms. The fraction of sp³-hybridized carbons (Fsp3) is 0.524. The van der Waals surface area contributed by atoms with Gasteiger partial charge in [-0.2, -0.15) is 0 Å². The number of ether oxygens (including phenoxy) is 2. The van der Waals surface area contributed by atoms with Gasteiger partial charge < -0.3 is 24.9 Å². The van der Waals surface area contributed by atoms with Crippen molar-refractivity contribution in [1.82, 2.24) is 9.88 Å². The molecule has 30 heavy (non-hydrogen) atoms. The fourth-order valence-electron chi connectivity index (χ4n) is 3.45. The number of aliphatic imine (C=N–C) groups is 1. The first-order chi connectivity index (χ1) is 14.0. The number of nitrogens with two attached hydrogens (primary N) is 1. The zero-order chi connectivity index (χ0) is 20.8. The van der Waals surface area contributed by atoms with Crippen LogP contribution in [0.15, 0.2) is 27.6 Å². The molecule has 0 spiro atoms. The van der Waals surface area contributed by atoms with Gasteiger partial charge in [-0.15, -0.1) is 24.0 Å². The van der Waals surface area contributed by atoms with Crippen molar-refractivity contribution < 1.29 is 13.9 Å². The zero-order valence-corrected chi connectivity index (χ0v) is 20.4. The van der Waals surface area contributed by atoms with E-state index < -0.39 is 0 Å². The van der Waals surface area contributed by atoms with Gasteiger partial charge in [-0.1, -0.05) is 0 Å². The normalized spacial score (nSPS) is 15.5. The molecule has 3 rings (SSSR count). The number of nitrogens with one attached hydrogen (secondary N) is 1. The minimum Gasteiger partial charge on any atom is -0.493 e. The zero-order valence-electron chi connectivity index (χ0n) is 18.1. The second-order valence-corrected chi connectivity index (χ2v) is 7.39. The van der Waals surface area contributed by atoms with Crippen LogP contribution in [-0.2, 0) is 6.54 Å². The van der Waals surface area contributed by atoms with E-state index in [9.17, 15) is 0 Å². The fourth-order valence-corrected chi connectivity index (χ4v) is 3.45. The highest BCUT2D eigenvalue weighted by Crippen LogP contribution is 2.29. The Balaban J connectivity index is 0.00000320. The number of nitrogens with zero attached hydrogens (tertiary/aromatic N) is 3. The summed E-state index contributed by atoms with van der Waals surface area (Å²) in [7, 11) is 3.22. The van der Waals surface area contributed by atoms with Gasteiger partial charge in [-0.3, -0.25) is 9.89 Å². The molecule has 1 aromatic carbocycles. The van der Waals surface area contributed by atoms with Gasteiger partial charge in [-0.05, 0) is 57.8 Å². The van der Waals surface area contributed by atoms with Crippen LogP contribution >= 0.6 is 24.0 Å². The van der Waals surface area contributed by atoms with Crippen LogP contribution in [-0.4, -0.2) is 49.7 Å². The summed E-state index contributed by atoms with van der Waals surface area (Å²) in [6, 6.07) is 5.56. The summed E-state index contributed by atoms with van der Waals surface area (Å²) < 4.78 is 16.3. The van der Waals surface area contributed by atoms with Crippen LogP contribution in [0.25, 0.3) is 0 Å². The maximum atomic E-state index is 6.07. The predicted molar refractivity (Wildman–Crippen MR) is 129 cm³/mol. The lowest BCUT2D eigenvalue weighted by atomic mass is 9.97. The second kappa shape index (κ2) is 11.4. The molecule has 8 nitrogen and oxygen atoms in total. The van der Waals surface area contributed by atoms with Crippen LogP contribution in [0.4, 0.5) is 5.69 Å². The number of methoxy groups -OCH3 is 2. The van der Waals surface area contributed by atoms with Crippen molar-refractivity contribution in [2.24, 2.45) is 16.6 Å². The lowest BCUT2D eigenvalue weighted by molar-refractivity contribution is 0.166. The number of hydrogen-bond donors (Lipinski definition) is 2. The molecule has 0 atom stereocenters. The number of oxazole rings is 1. The van der Waals surface area contributed by atoms with E-state index in [1.807, 2.05) is 32.0 Å². The molecule has 1 saturated heterocycles. The number of aromatic nitrogens is 1. The number of hydrogen-bond acceptors (Lipinski definition) is 6. The van der Waals surface area contributed by atoms with Crippen LogP contribution < -0.4 is 20.5 Å². The number of aryl methyl sites for hydroxylation is 2. The van der Waals surface area contributed by atoms with Crippen molar-refractivity contribution in [3.05, 3.63) is 35.5 Å². The molecule has 2 heterocycles. The molecule has 2 aromatic rings. The number of piperidine rings is 1. The number of rotatable bonds is 7. The topological polar surface area (TPSA) is 98.1 Å². The Morgan fingerprint density at radius 2 is 1.93 bits per heavy atom. The molecule has 0 radical (unpaired) electrons. The quantitative estimate of drug-likeness (QED) is 0.322. The second-order valence-electron chi connectivity index (χ2n) is 7.39. The summed E-state index contributed by atoms with van der Waals surface area (Å²) in [6.45, 7) is 7.46. The molecular formula is C21H32IN5O3. The molecule has 0 unspecified atom stereocenters. The summed E-state index contributed by atoms with van der Waals surface area (Å²) in [5.41, 5.74) is 7.86. The van der Waals surface area contributed by atoms with Crippen LogP contribution in [0, 0.1) is 19.8 Å². The largest absolute Gasteiger partial charge is 0.493 e. The van der Waals surface area contributed by atoms with Gasteiger partial charge in [0.25, 0.3) is 0 Å². The van der Waals surface area contributed by atoms with Gasteiger partial charge in [-0.25, -0.2) is 4.98 Å². The van der Waals surface area contributed by atoms with Crippen molar-refractivity contribution in [2.75, 3.05) is 39.2 Å². The molecule has 1 fully saturated rings. The van der Waals surface area contributed by atoms with Gasteiger partial charge in [0.15, 0.2) is 17.5 Å². The molecule has 0 saturated carbocycles. The maximum absolute atomic E-state index is 6.07. The Bertz CT molecular complexity index is 828. The first kappa shape index (κ1) is 24.3. The van der Waals surface area contributed by atoms with Gasteiger partial charge in [0.05, 0.1) is 26.5 Å². The highest BCUT2D eigenvalue weighted by Gasteiger charge is 2.20. The summed E-state index contributed by atoms with van der Waals surface area (Å²) in [4.78, 5) is 11.4. The van der Waals surface area contributed by atoms with Crippen LogP contribution in [0.5, 0.6) is 11.5 Å². The molecule has 3 N–H and O–H groups in total. The SMILES string of the molecule is COc1ccc(NC(N)=NCC2CCN(Cc3nc(C)c(C)o3)CC2)cc1OC.I. The number of likely N-dealkylation sites (tertiary alicyclic amines) is 1. The first-order valence-electron chi connectivity index (χ1n) is 9.92. The number of halogens is 1. The van der Waals surface area contributed by atoms with E-state index in [2.05, 4.69) is 20.2 Å². The minimum atomic E-state index is 0. The number of benzene rings is 1. The molecule has 166 valence electrons. The highest BCUT2D eigenvalue weighted by molar-refractivity contribution is 14.0. The average molecular weight is 529 g/mol. The minimum absolute atomic E-state index is 0. The molecule has 1 aromatic heterocycles. The molecule has 0 aliphatic carbocycles. The average Bonchev–Trinajstić information content (AvgIpc) is 3.04. The molecule has 1 aliphatic rings. The Morgan fingerprint density at radius 3 is 2.53 bits per heavy atom. The highest BCUT2D eigenvalue weighted by atomic mass is 127. The van der Waals surface area contributed by atoms with E-state index in [-0.39, 0.29) is 24.0 Å². The maximum Gasteiger partial charge on any atom is 0.208 e. The van der Waals surface area contributed by atoms with E-state index in [4.69, 9.17) is 19.6 Å². The summed E-state index contributed by atoms with van der Waals surface area (Å²) in [5.74, 6) is 3.97. The summed E-state index contributed by atoms with van der Waals surface area (Å²) in [6.07, 6.45) is 2.18. The predicted octanol–water partition coefficient (Wildman–Crippen LogP) is 3.57. The Labute approximate surface area is 195 Å². The van der Waals surface area contributed by atoms with Crippen LogP contribution in [0.3, 0.4) is 0 Å². The third-order valence-corrected chi connectivity index (χ3v) is 5.31. The number of guanidine groups is 1.